The van der Waals surface area contributed by atoms with Crippen LogP contribution in [0, 0.1) is 0 Å². The minimum Gasteiger partial charge on any atom is -0.493 e. The van der Waals surface area contributed by atoms with Gasteiger partial charge >= 0.3 is 5.97 Å². The molecule has 0 unspecified atom stereocenters. The minimum atomic E-state index is -0.443. The maximum atomic E-state index is 12.3. The lowest BCUT2D eigenvalue weighted by atomic mass is 10.2. The number of ether oxygens (including phenoxy) is 2. The van der Waals surface area contributed by atoms with Gasteiger partial charge in [0.1, 0.15) is 5.75 Å². The summed E-state index contributed by atoms with van der Waals surface area (Å²) in [4.78, 5) is 28.0. The number of anilines is 1. The number of rotatable bonds is 7. The summed E-state index contributed by atoms with van der Waals surface area (Å²) in [5.74, 6) is 0.0777. The monoisotopic (exact) mass is 402 g/mol. The molecule has 3 rings (SSSR count). The lowest BCUT2D eigenvalue weighted by Gasteiger charge is -2.36. The number of nitrogens with zero attached hydrogens (tertiary/aromatic N) is 2. The number of carbonyl (C=O) groups is 2. The number of benzene rings is 2. The van der Waals surface area contributed by atoms with Gasteiger partial charge in [-0.25, -0.2) is 0 Å². The topological polar surface area (TPSA) is 59.1 Å². The normalized spacial score (nSPS) is 13.9. The lowest BCUT2D eigenvalue weighted by Crippen LogP contribution is -2.49. The van der Waals surface area contributed by atoms with E-state index >= 15 is 0 Å². The zero-order valence-electron chi connectivity index (χ0n) is 15.6. The summed E-state index contributed by atoms with van der Waals surface area (Å²) < 4.78 is 10.5. The third kappa shape index (κ3) is 5.89. The first-order chi connectivity index (χ1) is 13.6. The van der Waals surface area contributed by atoms with Crippen LogP contribution in [0.1, 0.15) is 6.42 Å². The molecular formula is C21H23ClN2O4. The van der Waals surface area contributed by atoms with Crippen LogP contribution in [0.2, 0.25) is 5.02 Å². The fraction of sp³-hybridized carbons (Fsp3) is 0.333. The molecule has 1 amide bonds. The van der Waals surface area contributed by atoms with Gasteiger partial charge in [-0.2, -0.15) is 0 Å². The van der Waals surface area contributed by atoms with Crippen molar-refractivity contribution < 1.29 is 19.1 Å². The summed E-state index contributed by atoms with van der Waals surface area (Å²) in [6.45, 7) is 2.58. The fourth-order valence-corrected chi connectivity index (χ4v) is 3.15. The maximum absolute atomic E-state index is 12.3. The van der Waals surface area contributed by atoms with Crippen molar-refractivity contribution in [2.45, 2.75) is 6.42 Å². The molecular weight excluding hydrogens is 380 g/mol. The molecule has 0 bridgehead atoms. The number of hydrogen-bond acceptors (Lipinski definition) is 5. The smallest absolute Gasteiger partial charge is 0.309 e. The molecule has 2 aromatic rings. The number of esters is 1. The third-order valence-electron chi connectivity index (χ3n) is 4.48. The van der Waals surface area contributed by atoms with Crippen LogP contribution in [-0.4, -0.2) is 56.2 Å². The van der Waals surface area contributed by atoms with Crippen molar-refractivity contribution in [1.29, 1.82) is 0 Å². The number of halogens is 1. The molecule has 0 spiro atoms. The number of piperazine rings is 1. The van der Waals surface area contributed by atoms with Crippen LogP contribution in [0.5, 0.6) is 5.75 Å². The Kier molecular flexibility index (Phi) is 7.14. The van der Waals surface area contributed by atoms with Gasteiger partial charge in [0, 0.05) is 36.9 Å². The lowest BCUT2D eigenvalue weighted by molar-refractivity contribution is -0.152. The second-order valence-corrected chi connectivity index (χ2v) is 6.86. The van der Waals surface area contributed by atoms with Gasteiger partial charge in [0.05, 0.1) is 13.0 Å². The highest BCUT2D eigenvalue weighted by Crippen LogP contribution is 2.20. The molecule has 0 aromatic heterocycles. The van der Waals surface area contributed by atoms with Crippen LogP contribution in [0.3, 0.4) is 0 Å². The zero-order chi connectivity index (χ0) is 19.8. The molecule has 1 fully saturated rings. The Morgan fingerprint density at radius 3 is 2.43 bits per heavy atom. The summed E-state index contributed by atoms with van der Waals surface area (Å²) >= 11 is 6.04. The Hall–Kier alpha value is -2.73. The van der Waals surface area contributed by atoms with Crippen LogP contribution in [0.4, 0.5) is 5.69 Å². The van der Waals surface area contributed by atoms with Crippen molar-refractivity contribution in [3.8, 4) is 5.75 Å². The average Bonchev–Trinajstić information content (AvgIpc) is 2.73. The Morgan fingerprint density at radius 2 is 1.71 bits per heavy atom. The molecule has 1 heterocycles. The Labute approximate surface area is 169 Å². The minimum absolute atomic E-state index is 0.102. The highest BCUT2D eigenvalue weighted by atomic mass is 35.5. The first-order valence-corrected chi connectivity index (χ1v) is 9.61. The van der Waals surface area contributed by atoms with Crippen molar-refractivity contribution >= 4 is 29.2 Å². The van der Waals surface area contributed by atoms with Gasteiger partial charge < -0.3 is 19.3 Å². The van der Waals surface area contributed by atoms with Gasteiger partial charge in [-0.05, 0) is 30.3 Å². The van der Waals surface area contributed by atoms with Gasteiger partial charge in [-0.3, -0.25) is 9.59 Å². The van der Waals surface area contributed by atoms with Crippen molar-refractivity contribution in [2.75, 3.05) is 44.3 Å². The van der Waals surface area contributed by atoms with Crippen LogP contribution in [-0.2, 0) is 14.3 Å². The van der Waals surface area contributed by atoms with E-state index in [1.165, 1.54) is 0 Å². The second-order valence-electron chi connectivity index (χ2n) is 6.42. The fourth-order valence-electron chi connectivity index (χ4n) is 2.96. The summed E-state index contributed by atoms with van der Waals surface area (Å²) in [6.07, 6.45) is 0.102. The molecule has 0 N–H and O–H groups in total. The molecule has 1 aliphatic rings. The van der Waals surface area contributed by atoms with Gasteiger partial charge in [0.15, 0.2) is 6.61 Å². The predicted octanol–water partition coefficient (Wildman–Crippen LogP) is 3.00. The highest BCUT2D eigenvalue weighted by molar-refractivity contribution is 6.30. The first kappa shape index (κ1) is 20.0. The van der Waals surface area contributed by atoms with E-state index in [9.17, 15) is 9.59 Å². The molecule has 1 aliphatic heterocycles. The van der Waals surface area contributed by atoms with Gasteiger partial charge in [-0.15, -0.1) is 0 Å². The number of para-hydroxylation sites is 1. The van der Waals surface area contributed by atoms with E-state index in [1.807, 2.05) is 54.6 Å². The molecule has 2 aromatic carbocycles. The number of hydrogen-bond donors (Lipinski definition) is 0. The Balaban J connectivity index is 1.34. The second kappa shape index (κ2) is 9.99. The molecule has 0 saturated carbocycles. The number of amides is 1. The molecule has 1 saturated heterocycles. The van der Waals surface area contributed by atoms with Crippen molar-refractivity contribution in [1.82, 2.24) is 4.90 Å². The van der Waals surface area contributed by atoms with E-state index in [-0.39, 0.29) is 25.5 Å². The molecule has 28 heavy (non-hydrogen) atoms. The van der Waals surface area contributed by atoms with Crippen LogP contribution >= 0.6 is 11.6 Å². The van der Waals surface area contributed by atoms with E-state index in [2.05, 4.69) is 4.90 Å². The molecule has 0 radical (unpaired) electrons. The summed E-state index contributed by atoms with van der Waals surface area (Å²) in [7, 11) is 0. The number of carbonyl (C=O) groups excluding carboxylic acids is 2. The van der Waals surface area contributed by atoms with E-state index < -0.39 is 5.97 Å². The summed E-state index contributed by atoms with van der Waals surface area (Å²) in [6, 6.07) is 16.9. The zero-order valence-corrected chi connectivity index (χ0v) is 16.3. The summed E-state index contributed by atoms with van der Waals surface area (Å²) in [5.41, 5.74) is 1.05. The maximum Gasteiger partial charge on any atom is 0.309 e. The highest BCUT2D eigenvalue weighted by Gasteiger charge is 2.22. The van der Waals surface area contributed by atoms with Crippen LogP contribution in [0.15, 0.2) is 54.6 Å². The summed E-state index contributed by atoms with van der Waals surface area (Å²) in [5, 5.41) is 0.694. The third-order valence-corrected chi connectivity index (χ3v) is 4.72. The molecule has 148 valence electrons. The van der Waals surface area contributed by atoms with Crippen LogP contribution in [0.25, 0.3) is 0 Å². The van der Waals surface area contributed by atoms with Gasteiger partial charge in [0.25, 0.3) is 5.91 Å². The SMILES string of the molecule is O=C(CCOc1ccccc1)OCC(=O)N1CCN(c2cccc(Cl)c2)CC1. The van der Waals surface area contributed by atoms with E-state index in [4.69, 9.17) is 21.1 Å². The van der Waals surface area contributed by atoms with E-state index in [0.29, 0.717) is 37.0 Å². The average molecular weight is 403 g/mol. The molecule has 0 aliphatic carbocycles. The molecule has 6 nitrogen and oxygen atoms in total. The van der Waals surface area contributed by atoms with E-state index in [1.54, 1.807) is 4.90 Å². The molecule has 7 heteroatoms. The van der Waals surface area contributed by atoms with E-state index in [0.717, 1.165) is 5.69 Å². The molecule has 0 atom stereocenters. The Morgan fingerprint density at radius 1 is 0.964 bits per heavy atom. The largest absolute Gasteiger partial charge is 0.493 e. The van der Waals surface area contributed by atoms with Crippen LogP contribution < -0.4 is 9.64 Å². The van der Waals surface area contributed by atoms with Crippen molar-refractivity contribution in [3.05, 3.63) is 59.6 Å². The predicted molar refractivity (Wildman–Crippen MR) is 108 cm³/mol. The quantitative estimate of drug-likeness (QED) is 0.666. The standard InChI is InChI=1S/C21H23ClN2O4/c22-17-5-4-6-18(15-17)23-10-12-24(13-11-23)20(25)16-28-21(26)9-14-27-19-7-2-1-3-8-19/h1-8,15H,9-14,16H2. The van der Waals surface area contributed by atoms with Gasteiger partial charge in [0.2, 0.25) is 0 Å². The van der Waals surface area contributed by atoms with Crippen molar-refractivity contribution in [3.63, 3.8) is 0 Å². The Bertz CT molecular complexity index is 792. The first-order valence-electron chi connectivity index (χ1n) is 9.23. The van der Waals surface area contributed by atoms with Gasteiger partial charge in [-0.1, -0.05) is 35.9 Å². The van der Waals surface area contributed by atoms with Crippen molar-refractivity contribution in [2.24, 2.45) is 0 Å².